The van der Waals surface area contributed by atoms with Gasteiger partial charge in [0.15, 0.2) is 0 Å². The van der Waals surface area contributed by atoms with E-state index in [9.17, 15) is 4.79 Å². The highest BCUT2D eigenvalue weighted by atomic mass is 35.5. The molecule has 1 amide bonds. The third-order valence-electron chi connectivity index (χ3n) is 5.51. The minimum atomic E-state index is -0.171. The molecule has 0 bridgehead atoms. The maximum Gasteiger partial charge on any atom is 0.266 e. The van der Waals surface area contributed by atoms with Crippen molar-refractivity contribution in [2.45, 2.75) is 32.2 Å². The highest BCUT2D eigenvalue weighted by Gasteiger charge is 2.35. The van der Waals surface area contributed by atoms with Crippen LogP contribution in [0.25, 0.3) is 10.7 Å². The number of halogens is 1. The third-order valence-corrected chi connectivity index (χ3v) is 6.92. The average molecular weight is 465 g/mol. The molecule has 1 atom stereocenters. The van der Waals surface area contributed by atoms with Crippen molar-refractivity contribution in [2.75, 3.05) is 6.54 Å². The topological polar surface area (TPSA) is 72.1 Å². The van der Waals surface area contributed by atoms with Crippen LogP contribution in [0.5, 0.6) is 0 Å². The van der Waals surface area contributed by atoms with Crippen molar-refractivity contribution in [3.05, 3.63) is 87.7 Å². The quantitative estimate of drug-likeness (QED) is 0.377. The van der Waals surface area contributed by atoms with Gasteiger partial charge in [-0.05, 0) is 49.6 Å². The van der Waals surface area contributed by atoms with Crippen LogP contribution in [0.2, 0.25) is 5.02 Å². The number of pyridine rings is 1. The van der Waals surface area contributed by atoms with Gasteiger partial charge in [-0.3, -0.25) is 9.78 Å². The van der Waals surface area contributed by atoms with Crippen LogP contribution in [-0.4, -0.2) is 32.3 Å². The van der Waals surface area contributed by atoms with Crippen LogP contribution in [-0.2, 0) is 6.42 Å². The van der Waals surface area contributed by atoms with Crippen molar-refractivity contribution in [1.29, 1.82) is 0 Å². The lowest BCUT2D eigenvalue weighted by atomic mass is 10.1. The number of amides is 1. The molecule has 0 radical (unpaired) electrons. The highest BCUT2D eigenvalue weighted by molar-refractivity contribution is 7.17. The van der Waals surface area contributed by atoms with Crippen LogP contribution in [0.15, 0.2) is 59.3 Å². The van der Waals surface area contributed by atoms with Crippen molar-refractivity contribution in [1.82, 2.24) is 19.9 Å². The molecule has 0 aliphatic carbocycles. The zero-order chi connectivity index (χ0) is 22.1. The standard InChI is InChI=1S/C24H21ClN4O2S/c1-15-21(32-23(28-15)19-8-2-3-10-26-19)24(30)29-11-5-9-20(29)22-27-14-18(31-22)13-16-6-4-7-17(25)12-16/h2-4,6-8,10,12,14,20H,5,9,11,13H2,1H3. The maximum atomic E-state index is 13.4. The third kappa shape index (κ3) is 4.18. The molecule has 32 heavy (non-hydrogen) atoms. The summed E-state index contributed by atoms with van der Waals surface area (Å²) in [6.07, 6.45) is 5.82. The highest BCUT2D eigenvalue weighted by Crippen LogP contribution is 2.36. The molecular formula is C24H21ClN4O2S. The summed E-state index contributed by atoms with van der Waals surface area (Å²) in [4.78, 5) is 29.4. The Morgan fingerprint density at radius 3 is 2.97 bits per heavy atom. The number of aromatic nitrogens is 3. The van der Waals surface area contributed by atoms with E-state index in [4.69, 9.17) is 16.0 Å². The van der Waals surface area contributed by atoms with E-state index in [1.54, 1.807) is 12.4 Å². The van der Waals surface area contributed by atoms with E-state index in [0.717, 1.165) is 40.6 Å². The lowest BCUT2D eigenvalue weighted by Crippen LogP contribution is -2.30. The van der Waals surface area contributed by atoms with Crippen LogP contribution < -0.4 is 0 Å². The predicted molar refractivity (Wildman–Crippen MR) is 124 cm³/mol. The number of hydrogen-bond acceptors (Lipinski definition) is 6. The molecule has 0 N–H and O–H groups in total. The van der Waals surface area contributed by atoms with E-state index in [1.807, 2.05) is 54.3 Å². The number of rotatable bonds is 5. The van der Waals surface area contributed by atoms with E-state index in [0.29, 0.717) is 28.8 Å². The summed E-state index contributed by atoms with van der Waals surface area (Å²) in [5.74, 6) is 1.31. The molecular weight excluding hydrogens is 444 g/mol. The molecule has 0 spiro atoms. The summed E-state index contributed by atoms with van der Waals surface area (Å²) >= 11 is 7.47. The summed E-state index contributed by atoms with van der Waals surface area (Å²) in [7, 11) is 0. The van der Waals surface area contributed by atoms with Crippen LogP contribution in [0.1, 0.15) is 51.5 Å². The van der Waals surface area contributed by atoms with Gasteiger partial charge in [-0.25, -0.2) is 9.97 Å². The molecule has 3 aromatic heterocycles. The SMILES string of the molecule is Cc1nc(-c2ccccn2)sc1C(=O)N1CCCC1c1ncc(Cc2cccc(Cl)c2)o1. The number of nitrogens with zero attached hydrogens (tertiary/aromatic N) is 4. The summed E-state index contributed by atoms with van der Waals surface area (Å²) in [6.45, 7) is 2.54. The Kier molecular flexibility index (Phi) is 5.76. The summed E-state index contributed by atoms with van der Waals surface area (Å²) < 4.78 is 6.06. The second-order valence-electron chi connectivity index (χ2n) is 7.78. The zero-order valence-electron chi connectivity index (χ0n) is 17.5. The molecule has 4 aromatic rings. The summed E-state index contributed by atoms with van der Waals surface area (Å²) in [5, 5.41) is 1.45. The molecule has 4 heterocycles. The normalized spacial score (nSPS) is 15.9. The van der Waals surface area contributed by atoms with Gasteiger partial charge in [0.1, 0.15) is 21.7 Å². The molecule has 0 saturated carbocycles. The fourth-order valence-electron chi connectivity index (χ4n) is 4.00. The molecule has 1 aromatic carbocycles. The molecule has 1 saturated heterocycles. The summed E-state index contributed by atoms with van der Waals surface area (Å²) in [5.41, 5.74) is 2.55. The second kappa shape index (κ2) is 8.84. The molecule has 1 aliphatic heterocycles. The lowest BCUT2D eigenvalue weighted by molar-refractivity contribution is 0.0718. The number of hydrogen-bond donors (Lipinski definition) is 0. The fraction of sp³-hybridized carbons (Fsp3) is 0.250. The fourth-order valence-corrected chi connectivity index (χ4v) is 5.21. The van der Waals surface area contributed by atoms with Crippen LogP contribution in [0.3, 0.4) is 0 Å². The molecule has 162 valence electrons. The van der Waals surface area contributed by atoms with E-state index >= 15 is 0 Å². The van der Waals surface area contributed by atoms with Gasteiger partial charge in [-0.1, -0.05) is 29.8 Å². The van der Waals surface area contributed by atoms with Gasteiger partial charge in [0.25, 0.3) is 5.91 Å². The van der Waals surface area contributed by atoms with Crippen molar-refractivity contribution in [3.8, 4) is 10.7 Å². The first-order valence-corrected chi connectivity index (χ1v) is 11.7. The van der Waals surface area contributed by atoms with E-state index < -0.39 is 0 Å². The Morgan fingerprint density at radius 2 is 2.16 bits per heavy atom. The van der Waals surface area contributed by atoms with Crippen LogP contribution in [0, 0.1) is 6.92 Å². The lowest BCUT2D eigenvalue weighted by Gasteiger charge is -2.21. The number of oxazole rings is 1. The van der Waals surface area contributed by atoms with Gasteiger partial charge in [0, 0.05) is 24.2 Å². The van der Waals surface area contributed by atoms with Gasteiger partial charge in [0.2, 0.25) is 5.89 Å². The van der Waals surface area contributed by atoms with Crippen molar-refractivity contribution in [2.24, 2.45) is 0 Å². The Labute approximate surface area is 194 Å². The largest absolute Gasteiger partial charge is 0.443 e. The predicted octanol–water partition coefficient (Wildman–Crippen LogP) is 5.72. The Morgan fingerprint density at radius 1 is 1.25 bits per heavy atom. The summed E-state index contributed by atoms with van der Waals surface area (Å²) in [6, 6.07) is 13.2. The number of benzene rings is 1. The number of aryl methyl sites for hydroxylation is 1. The first kappa shape index (κ1) is 20.8. The van der Waals surface area contributed by atoms with E-state index in [1.165, 1.54) is 11.3 Å². The van der Waals surface area contributed by atoms with Gasteiger partial charge in [0.05, 0.1) is 17.6 Å². The van der Waals surface area contributed by atoms with Gasteiger partial charge < -0.3 is 9.32 Å². The van der Waals surface area contributed by atoms with Gasteiger partial charge in [-0.2, -0.15) is 0 Å². The number of thiazole rings is 1. The molecule has 1 aliphatic rings. The Bertz CT molecular complexity index is 1250. The number of likely N-dealkylation sites (tertiary alicyclic amines) is 1. The van der Waals surface area contributed by atoms with Gasteiger partial charge >= 0.3 is 0 Å². The molecule has 1 fully saturated rings. The molecule has 6 nitrogen and oxygen atoms in total. The smallest absolute Gasteiger partial charge is 0.266 e. The maximum absolute atomic E-state index is 13.4. The van der Waals surface area contributed by atoms with E-state index in [2.05, 4.69) is 15.0 Å². The second-order valence-corrected chi connectivity index (χ2v) is 9.21. The number of carbonyl (C=O) groups excluding carboxylic acids is 1. The van der Waals surface area contributed by atoms with E-state index in [-0.39, 0.29) is 11.9 Å². The minimum Gasteiger partial charge on any atom is -0.443 e. The van der Waals surface area contributed by atoms with Gasteiger partial charge in [-0.15, -0.1) is 11.3 Å². The van der Waals surface area contributed by atoms with Crippen LogP contribution >= 0.6 is 22.9 Å². The Hall–Kier alpha value is -3.03. The van der Waals surface area contributed by atoms with Crippen LogP contribution in [0.4, 0.5) is 0 Å². The first-order valence-electron chi connectivity index (χ1n) is 10.5. The average Bonchev–Trinajstić information content (AvgIpc) is 3.53. The van der Waals surface area contributed by atoms with Crippen molar-refractivity contribution >= 4 is 28.8 Å². The zero-order valence-corrected chi connectivity index (χ0v) is 19.1. The molecule has 5 rings (SSSR count). The first-order chi connectivity index (χ1) is 15.6. The monoisotopic (exact) mass is 464 g/mol. The Balaban J connectivity index is 1.36. The number of carbonyl (C=O) groups is 1. The van der Waals surface area contributed by atoms with Crippen molar-refractivity contribution < 1.29 is 9.21 Å². The molecule has 8 heteroatoms. The van der Waals surface area contributed by atoms with Crippen molar-refractivity contribution in [3.63, 3.8) is 0 Å². The molecule has 1 unspecified atom stereocenters. The minimum absolute atomic E-state index is 0.0285.